The van der Waals surface area contributed by atoms with Crippen molar-refractivity contribution in [2.75, 3.05) is 0 Å². The molecule has 19 heavy (non-hydrogen) atoms. The van der Waals surface area contributed by atoms with E-state index in [1.165, 1.54) is 5.39 Å². The summed E-state index contributed by atoms with van der Waals surface area (Å²) < 4.78 is 0. The van der Waals surface area contributed by atoms with Crippen molar-refractivity contribution in [1.82, 2.24) is 4.98 Å². The molecule has 1 aromatic heterocycles. The van der Waals surface area contributed by atoms with Gasteiger partial charge < -0.3 is 5.11 Å². The van der Waals surface area contributed by atoms with Gasteiger partial charge in [0.1, 0.15) is 6.10 Å². The average molecular weight is 249 g/mol. The zero-order valence-corrected chi connectivity index (χ0v) is 10.7. The molecule has 0 bridgehead atoms. The number of aryl methyl sites for hydroxylation is 1. The fourth-order valence-electron chi connectivity index (χ4n) is 2.26. The highest BCUT2D eigenvalue weighted by Gasteiger charge is 2.12. The van der Waals surface area contributed by atoms with Crippen LogP contribution >= 0.6 is 0 Å². The van der Waals surface area contributed by atoms with Crippen LogP contribution in [-0.4, -0.2) is 10.1 Å². The lowest BCUT2D eigenvalue weighted by atomic mass is 10.0. The first-order valence-corrected chi connectivity index (χ1v) is 6.33. The van der Waals surface area contributed by atoms with Gasteiger partial charge in [-0.15, -0.1) is 0 Å². The van der Waals surface area contributed by atoms with Gasteiger partial charge in [0, 0.05) is 6.20 Å². The molecule has 0 saturated carbocycles. The van der Waals surface area contributed by atoms with Crippen LogP contribution in [0.15, 0.2) is 60.8 Å². The molecule has 2 aromatic carbocycles. The van der Waals surface area contributed by atoms with Gasteiger partial charge in [0.25, 0.3) is 0 Å². The van der Waals surface area contributed by atoms with Crippen molar-refractivity contribution in [2.24, 2.45) is 0 Å². The van der Waals surface area contributed by atoms with Gasteiger partial charge in [-0.3, -0.25) is 4.98 Å². The lowest BCUT2D eigenvalue weighted by Gasteiger charge is -2.12. The third kappa shape index (κ3) is 2.35. The summed E-state index contributed by atoms with van der Waals surface area (Å²) in [6.07, 6.45) is 1.05. The van der Waals surface area contributed by atoms with Gasteiger partial charge in [0.15, 0.2) is 0 Å². The van der Waals surface area contributed by atoms with E-state index in [2.05, 4.69) is 17.1 Å². The Hall–Kier alpha value is -2.19. The molecular weight excluding hydrogens is 234 g/mol. The van der Waals surface area contributed by atoms with E-state index in [-0.39, 0.29) is 0 Å². The molecule has 0 aliphatic carbocycles. The Morgan fingerprint density at radius 3 is 2.53 bits per heavy atom. The Labute approximate surface area is 112 Å². The van der Waals surface area contributed by atoms with Crippen molar-refractivity contribution in [3.8, 4) is 0 Å². The van der Waals surface area contributed by atoms with E-state index >= 15 is 0 Å². The molecule has 2 nitrogen and oxygen atoms in total. The van der Waals surface area contributed by atoms with E-state index in [4.69, 9.17) is 0 Å². The highest BCUT2D eigenvalue weighted by atomic mass is 16.3. The van der Waals surface area contributed by atoms with E-state index in [9.17, 15) is 5.11 Å². The number of rotatable bonds is 2. The second kappa shape index (κ2) is 4.82. The van der Waals surface area contributed by atoms with Crippen LogP contribution in [0.25, 0.3) is 10.8 Å². The zero-order chi connectivity index (χ0) is 13.2. The molecule has 94 valence electrons. The maximum Gasteiger partial charge on any atom is 0.121 e. The smallest absolute Gasteiger partial charge is 0.121 e. The van der Waals surface area contributed by atoms with E-state index in [0.29, 0.717) is 5.69 Å². The van der Waals surface area contributed by atoms with Gasteiger partial charge in [-0.2, -0.15) is 0 Å². The molecular formula is C17H15NO. The fourth-order valence-corrected chi connectivity index (χ4v) is 2.26. The third-order valence-corrected chi connectivity index (χ3v) is 3.31. The first-order chi connectivity index (χ1) is 9.24. The van der Waals surface area contributed by atoms with Crippen molar-refractivity contribution >= 4 is 10.8 Å². The van der Waals surface area contributed by atoms with E-state index in [1.54, 1.807) is 6.20 Å². The summed E-state index contributed by atoms with van der Waals surface area (Å²) in [6, 6.07) is 18.0. The normalized spacial score (nSPS) is 12.5. The lowest BCUT2D eigenvalue weighted by Crippen LogP contribution is -2.02. The minimum atomic E-state index is -0.676. The Kier molecular flexibility index (Phi) is 3.02. The summed E-state index contributed by atoms with van der Waals surface area (Å²) in [5, 5.41) is 12.7. The molecule has 0 spiro atoms. The molecule has 0 saturated heterocycles. The monoisotopic (exact) mass is 249 g/mol. The second-order valence-electron chi connectivity index (χ2n) is 4.77. The van der Waals surface area contributed by atoms with Crippen molar-refractivity contribution < 1.29 is 5.11 Å². The molecule has 1 N–H and O–H groups in total. The number of benzene rings is 2. The van der Waals surface area contributed by atoms with Gasteiger partial charge in [-0.05, 0) is 47.0 Å². The van der Waals surface area contributed by atoms with Gasteiger partial charge in [-0.1, -0.05) is 36.4 Å². The Bertz CT molecular complexity index is 721. The van der Waals surface area contributed by atoms with Crippen LogP contribution < -0.4 is 0 Å². The van der Waals surface area contributed by atoms with Crippen LogP contribution in [-0.2, 0) is 0 Å². The Morgan fingerprint density at radius 1 is 0.947 bits per heavy atom. The van der Waals surface area contributed by atoms with Crippen LogP contribution in [0.3, 0.4) is 0 Å². The highest BCUT2D eigenvalue weighted by molar-refractivity contribution is 5.83. The largest absolute Gasteiger partial charge is 0.382 e. The van der Waals surface area contributed by atoms with Crippen molar-refractivity contribution in [3.05, 3.63) is 77.6 Å². The number of aliphatic hydroxyl groups is 1. The predicted molar refractivity (Wildman–Crippen MR) is 77.0 cm³/mol. The summed E-state index contributed by atoms with van der Waals surface area (Å²) in [7, 11) is 0. The minimum Gasteiger partial charge on any atom is -0.382 e. The molecule has 3 rings (SSSR count). The molecule has 0 amide bonds. The van der Waals surface area contributed by atoms with Crippen molar-refractivity contribution in [2.45, 2.75) is 13.0 Å². The van der Waals surface area contributed by atoms with Crippen molar-refractivity contribution in [1.29, 1.82) is 0 Å². The summed E-state index contributed by atoms with van der Waals surface area (Å²) >= 11 is 0. The van der Waals surface area contributed by atoms with Gasteiger partial charge in [-0.25, -0.2) is 0 Å². The van der Waals surface area contributed by atoms with E-state index < -0.39 is 6.10 Å². The molecule has 1 unspecified atom stereocenters. The van der Waals surface area contributed by atoms with Crippen LogP contribution in [0.1, 0.15) is 22.9 Å². The maximum atomic E-state index is 10.4. The number of fused-ring (bicyclic) bond motifs is 1. The molecule has 1 atom stereocenters. The maximum absolute atomic E-state index is 10.4. The lowest BCUT2D eigenvalue weighted by molar-refractivity contribution is 0.215. The first-order valence-electron chi connectivity index (χ1n) is 6.33. The highest BCUT2D eigenvalue weighted by Crippen LogP contribution is 2.24. The number of nitrogens with zero attached hydrogens (tertiary/aromatic N) is 1. The Morgan fingerprint density at radius 2 is 1.74 bits per heavy atom. The number of pyridine rings is 1. The number of aliphatic hydroxyl groups excluding tert-OH is 1. The number of aromatic nitrogens is 1. The van der Waals surface area contributed by atoms with Crippen LogP contribution in [0, 0.1) is 6.92 Å². The summed E-state index contributed by atoms with van der Waals surface area (Å²) in [5.41, 5.74) is 2.66. The van der Waals surface area contributed by atoms with Gasteiger partial charge >= 0.3 is 0 Å². The predicted octanol–water partition coefficient (Wildman–Crippen LogP) is 3.62. The molecule has 0 aliphatic rings. The summed E-state index contributed by atoms with van der Waals surface area (Å²) in [4.78, 5) is 4.25. The molecule has 0 fully saturated rings. The molecule has 0 aliphatic heterocycles. The van der Waals surface area contributed by atoms with E-state index in [0.717, 1.165) is 16.5 Å². The number of hydrogen-bond acceptors (Lipinski definition) is 2. The topological polar surface area (TPSA) is 33.1 Å². The molecule has 0 radical (unpaired) electrons. The SMILES string of the molecule is Cc1ccnc(C(O)c2ccc3ccccc3c2)c1. The van der Waals surface area contributed by atoms with Gasteiger partial charge in [0.05, 0.1) is 5.69 Å². The number of hydrogen-bond donors (Lipinski definition) is 1. The zero-order valence-electron chi connectivity index (χ0n) is 10.7. The summed E-state index contributed by atoms with van der Waals surface area (Å²) in [6.45, 7) is 2.00. The first kappa shape index (κ1) is 11.9. The quantitative estimate of drug-likeness (QED) is 0.752. The van der Waals surface area contributed by atoms with Gasteiger partial charge in [0.2, 0.25) is 0 Å². The van der Waals surface area contributed by atoms with Crippen LogP contribution in [0.4, 0.5) is 0 Å². The standard InChI is InChI=1S/C17H15NO/c1-12-8-9-18-16(10-12)17(19)15-7-6-13-4-2-3-5-14(13)11-15/h2-11,17,19H,1H3. The summed E-state index contributed by atoms with van der Waals surface area (Å²) in [5.74, 6) is 0. The average Bonchev–Trinajstić information content (AvgIpc) is 2.46. The second-order valence-corrected chi connectivity index (χ2v) is 4.77. The van der Waals surface area contributed by atoms with Crippen LogP contribution in [0.2, 0.25) is 0 Å². The van der Waals surface area contributed by atoms with Crippen molar-refractivity contribution in [3.63, 3.8) is 0 Å². The fraction of sp³-hybridized carbons (Fsp3) is 0.118. The molecule has 1 heterocycles. The van der Waals surface area contributed by atoms with E-state index in [1.807, 2.05) is 49.4 Å². The molecule has 3 aromatic rings. The minimum absolute atomic E-state index is 0.676. The Balaban J connectivity index is 2.04. The van der Waals surface area contributed by atoms with Crippen LogP contribution in [0.5, 0.6) is 0 Å². The molecule has 2 heteroatoms. The third-order valence-electron chi connectivity index (χ3n) is 3.31.